The van der Waals surface area contributed by atoms with Gasteiger partial charge in [0.1, 0.15) is 17.8 Å². The van der Waals surface area contributed by atoms with Crippen molar-refractivity contribution in [2.45, 2.75) is 38.9 Å². The van der Waals surface area contributed by atoms with Crippen LogP contribution >= 0.6 is 28.3 Å². The molecule has 2 aromatic rings. The van der Waals surface area contributed by atoms with E-state index >= 15 is 0 Å². The quantitative estimate of drug-likeness (QED) is 0.718. The molecule has 0 atom stereocenters. The third-order valence-corrected chi connectivity index (χ3v) is 4.51. The second-order valence-electron chi connectivity index (χ2n) is 5.86. The van der Waals surface area contributed by atoms with Crippen molar-refractivity contribution in [3.05, 3.63) is 51.9 Å². The van der Waals surface area contributed by atoms with Gasteiger partial charge in [0.2, 0.25) is 0 Å². The van der Waals surface area contributed by atoms with E-state index < -0.39 is 0 Å². The predicted molar refractivity (Wildman–Crippen MR) is 102 cm³/mol. The zero-order valence-electron chi connectivity index (χ0n) is 14.0. The largest absolute Gasteiger partial charge is 0.494 e. The molecule has 5 nitrogen and oxygen atoms in total. The van der Waals surface area contributed by atoms with Crippen LogP contribution in [0.5, 0.6) is 5.75 Å². The van der Waals surface area contributed by atoms with Crippen LogP contribution in [0.4, 0.5) is 0 Å². The fourth-order valence-corrected chi connectivity index (χ4v) is 3.08. The number of benzene rings is 1. The molecule has 1 aromatic heterocycles. The van der Waals surface area contributed by atoms with Crippen molar-refractivity contribution in [3.8, 4) is 5.75 Å². The number of hydrogen-bond donors (Lipinski definition) is 1. The van der Waals surface area contributed by atoms with Gasteiger partial charge in [0.15, 0.2) is 0 Å². The van der Waals surface area contributed by atoms with Gasteiger partial charge in [-0.25, -0.2) is 0 Å². The minimum absolute atomic E-state index is 0. The average Bonchev–Trinajstić information content (AvgIpc) is 3.30. The summed E-state index contributed by atoms with van der Waals surface area (Å²) < 4.78 is 12.0. The molecule has 1 saturated carbocycles. The van der Waals surface area contributed by atoms with Gasteiger partial charge in [-0.2, -0.15) is 0 Å². The van der Waals surface area contributed by atoms with E-state index in [2.05, 4.69) is 15.9 Å². The third-order valence-electron chi connectivity index (χ3n) is 4.01. The van der Waals surface area contributed by atoms with Crippen LogP contribution in [-0.4, -0.2) is 23.5 Å². The maximum absolute atomic E-state index is 12.9. The summed E-state index contributed by atoms with van der Waals surface area (Å²) in [7, 11) is 0. The molecule has 1 aliphatic rings. The Morgan fingerprint density at radius 1 is 1.40 bits per heavy atom. The van der Waals surface area contributed by atoms with Crippen molar-refractivity contribution in [1.29, 1.82) is 0 Å². The number of nitrogens with two attached hydrogens (primary N) is 1. The van der Waals surface area contributed by atoms with Crippen LogP contribution in [-0.2, 0) is 13.1 Å². The van der Waals surface area contributed by atoms with Gasteiger partial charge >= 0.3 is 0 Å². The number of carbonyl (C=O) groups excluding carboxylic acids is 1. The second kappa shape index (κ2) is 8.74. The molecule has 1 amide bonds. The number of carbonyl (C=O) groups is 1. The van der Waals surface area contributed by atoms with Gasteiger partial charge in [0.25, 0.3) is 5.91 Å². The number of rotatable bonds is 7. The molecule has 2 N–H and O–H groups in total. The van der Waals surface area contributed by atoms with Crippen LogP contribution < -0.4 is 10.5 Å². The molecular weight excluding hydrogens is 408 g/mol. The van der Waals surface area contributed by atoms with Gasteiger partial charge in [0.05, 0.1) is 18.7 Å². The van der Waals surface area contributed by atoms with Crippen molar-refractivity contribution in [3.63, 3.8) is 0 Å². The summed E-state index contributed by atoms with van der Waals surface area (Å²) in [6.07, 6.45) is 3.56. The van der Waals surface area contributed by atoms with Gasteiger partial charge in [-0.1, -0.05) is 15.9 Å². The van der Waals surface area contributed by atoms with E-state index in [4.69, 9.17) is 14.9 Å². The molecule has 0 aliphatic heterocycles. The van der Waals surface area contributed by atoms with Crippen LogP contribution in [0.25, 0.3) is 0 Å². The van der Waals surface area contributed by atoms with Gasteiger partial charge in [0, 0.05) is 22.6 Å². The highest BCUT2D eigenvalue weighted by Crippen LogP contribution is 2.33. The molecule has 3 rings (SSSR count). The Hall–Kier alpha value is -1.50. The number of ether oxygens (including phenoxy) is 1. The summed E-state index contributed by atoms with van der Waals surface area (Å²) in [6, 6.07) is 7.89. The first-order chi connectivity index (χ1) is 11.6. The van der Waals surface area contributed by atoms with Crippen molar-refractivity contribution in [1.82, 2.24) is 4.90 Å². The van der Waals surface area contributed by atoms with Gasteiger partial charge in [-0.3, -0.25) is 4.79 Å². The van der Waals surface area contributed by atoms with Crippen LogP contribution in [0.1, 0.15) is 41.4 Å². The molecule has 0 radical (unpaired) electrons. The van der Waals surface area contributed by atoms with Gasteiger partial charge in [-0.05, 0) is 44.0 Å². The lowest BCUT2D eigenvalue weighted by Gasteiger charge is -2.23. The van der Waals surface area contributed by atoms with Gasteiger partial charge < -0.3 is 19.8 Å². The molecule has 0 spiro atoms. The van der Waals surface area contributed by atoms with E-state index in [0.29, 0.717) is 24.5 Å². The summed E-state index contributed by atoms with van der Waals surface area (Å²) in [5, 5.41) is 0. The molecule has 25 heavy (non-hydrogen) atoms. The SMILES string of the molecule is CCOc1ccc(Br)cc1CN(C(=O)c1coc(CN)c1)C1CC1.Cl. The lowest BCUT2D eigenvalue weighted by Crippen LogP contribution is -2.32. The molecule has 0 bridgehead atoms. The van der Waals surface area contributed by atoms with E-state index in [1.807, 2.05) is 30.0 Å². The zero-order chi connectivity index (χ0) is 17.1. The first kappa shape index (κ1) is 19.8. The Bertz CT molecular complexity index is 731. The number of halogens is 2. The van der Waals surface area contributed by atoms with E-state index in [1.54, 1.807) is 6.07 Å². The summed E-state index contributed by atoms with van der Waals surface area (Å²) in [6.45, 7) is 3.35. The van der Waals surface area contributed by atoms with E-state index in [9.17, 15) is 4.79 Å². The zero-order valence-corrected chi connectivity index (χ0v) is 16.4. The molecule has 7 heteroatoms. The standard InChI is InChI=1S/C18H21BrN2O3.ClH/c1-2-23-17-6-3-14(19)7-12(17)10-21(15-4-5-15)18(22)13-8-16(9-20)24-11-13;/h3,6-8,11,15H,2,4-5,9-10,20H2,1H3;1H. The molecule has 0 saturated heterocycles. The summed E-state index contributed by atoms with van der Waals surface area (Å²) >= 11 is 3.50. The Kier molecular flexibility index (Phi) is 6.93. The molecular formula is C18H22BrClN2O3. The van der Waals surface area contributed by atoms with Crippen LogP contribution in [0.15, 0.2) is 39.4 Å². The Balaban J connectivity index is 0.00000225. The highest BCUT2D eigenvalue weighted by Gasteiger charge is 2.34. The monoisotopic (exact) mass is 428 g/mol. The number of nitrogens with zero attached hydrogens (tertiary/aromatic N) is 1. The minimum Gasteiger partial charge on any atom is -0.494 e. The lowest BCUT2D eigenvalue weighted by molar-refractivity contribution is 0.0727. The molecule has 1 fully saturated rings. The Morgan fingerprint density at radius 2 is 2.16 bits per heavy atom. The highest BCUT2D eigenvalue weighted by atomic mass is 79.9. The fraction of sp³-hybridized carbons (Fsp3) is 0.389. The first-order valence-corrected chi connectivity index (χ1v) is 8.91. The van der Waals surface area contributed by atoms with Crippen LogP contribution in [0.2, 0.25) is 0 Å². The highest BCUT2D eigenvalue weighted by molar-refractivity contribution is 9.10. The molecule has 1 aliphatic carbocycles. The van der Waals surface area contributed by atoms with Crippen LogP contribution in [0.3, 0.4) is 0 Å². The third kappa shape index (κ3) is 4.77. The van der Waals surface area contributed by atoms with Crippen molar-refractivity contribution in [2.24, 2.45) is 5.73 Å². The predicted octanol–water partition coefficient (Wildman–Crippen LogP) is 4.13. The lowest BCUT2D eigenvalue weighted by atomic mass is 10.1. The number of furan rings is 1. The van der Waals surface area contributed by atoms with Crippen molar-refractivity contribution in [2.75, 3.05) is 6.61 Å². The van der Waals surface area contributed by atoms with Crippen molar-refractivity contribution >= 4 is 34.2 Å². The average molecular weight is 430 g/mol. The van der Waals surface area contributed by atoms with Crippen LogP contribution in [0, 0.1) is 0 Å². The maximum Gasteiger partial charge on any atom is 0.257 e. The minimum atomic E-state index is -0.0247. The summed E-state index contributed by atoms with van der Waals surface area (Å²) in [4.78, 5) is 14.8. The number of hydrogen-bond acceptors (Lipinski definition) is 4. The molecule has 1 heterocycles. The van der Waals surface area contributed by atoms with E-state index in [0.717, 1.165) is 28.6 Å². The maximum atomic E-state index is 12.9. The van der Waals surface area contributed by atoms with E-state index in [1.165, 1.54) is 6.26 Å². The van der Waals surface area contributed by atoms with E-state index in [-0.39, 0.29) is 30.9 Å². The number of amides is 1. The molecule has 1 aromatic carbocycles. The summed E-state index contributed by atoms with van der Waals surface area (Å²) in [5.74, 6) is 1.41. The smallest absolute Gasteiger partial charge is 0.257 e. The second-order valence-corrected chi connectivity index (χ2v) is 6.77. The normalized spacial score (nSPS) is 13.2. The van der Waals surface area contributed by atoms with Crippen molar-refractivity contribution < 1.29 is 13.9 Å². The molecule has 136 valence electrons. The summed E-state index contributed by atoms with van der Waals surface area (Å²) in [5.41, 5.74) is 7.11. The first-order valence-electron chi connectivity index (χ1n) is 8.12. The fourth-order valence-electron chi connectivity index (χ4n) is 2.67. The Labute approximate surface area is 162 Å². The topological polar surface area (TPSA) is 68.7 Å². The van der Waals surface area contributed by atoms with Gasteiger partial charge in [-0.15, -0.1) is 12.4 Å². The Morgan fingerprint density at radius 3 is 2.76 bits per heavy atom. The molecule has 0 unspecified atom stereocenters.